The third-order valence-electron chi connectivity index (χ3n) is 2.35. The first-order valence-electron chi connectivity index (χ1n) is 5.21. The zero-order chi connectivity index (χ0) is 11.5. The molecule has 3 heteroatoms. The van der Waals surface area contributed by atoms with Gasteiger partial charge in [-0.25, -0.2) is 9.97 Å². The van der Waals surface area contributed by atoms with Crippen LogP contribution in [0.25, 0.3) is 11.4 Å². The first-order valence-corrected chi connectivity index (χ1v) is 5.21. The number of nitrogens with zero attached hydrogens (tertiary/aromatic N) is 2. The summed E-state index contributed by atoms with van der Waals surface area (Å²) >= 11 is 0. The normalized spacial score (nSPS) is 10.4. The van der Waals surface area contributed by atoms with Crippen molar-refractivity contribution < 1.29 is 5.11 Å². The molecule has 0 aliphatic rings. The first kappa shape index (κ1) is 10.8. The van der Waals surface area contributed by atoms with Gasteiger partial charge in [0.1, 0.15) is 0 Å². The monoisotopic (exact) mass is 214 g/mol. The van der Waals surface area contributed by atoms with Crippen molar-refractivity contribution in [1.29, 1.82) is 0 Å². The van der Waals surface area contributed by atoms with Crippen LogP contribution in [0.4, 0.5) is 0 Å². The van der Waals surface area contributed by atoms with Gasteiger partial charge >= 0.3 is 0 Å². The van der Waals surface area contributed by atoms with Crippen LogP contribution < -0.4 is 0 Å². The molecule has 82 valence electrons. The molecule has 0 atom stereocenters. The molecular formula is C13H14N2O. The van der Waals surface area contributed by atoms with Crippen LogP contribution in [0, 0.1) is 13.8 Å². The van der Waals surface area contributed by atoms with E-state index in [4.69, 9.17) is 5.11 Å². The average Bonchev–Trinajstić information content (AvgIpc) is 2.28. The molecule has 1 heterocycles. The van der Waals surface area contributed by atoms with Crippen LogP contribution in [-0.2, 0) is 6.61 Å². The van der Waals surface area contributed by atoms with E-state index in [1.54, 1.807) is 6.07 Å². The van der Waals surface area contributed by atoms with E-state index in [9.17, 15) is 0 Å². The molecule has 3 nitrogen and oxygen atoms in total. The molecule has 1 N–H and O–H groups in total. The van der Waals surface area contributed by atoms with Crippen LogP contribution in [0.2, 0.25) is 0 Å². The van der Waals surface area contributed by atoms with Gasteiger partial charge in [0, 0.05) is 11.3 Å². The molecule has 0 aliphatic heterocycles. The molecule has 0 radical (unpaired) electrons. The highest BCUT2D eigenvalue weighted by molar-refractivity contribution is 5.56. The molecule has 0 aliphatic carbocycles. The van der Waals surface area contributed by atoms with Crippen molar-refractivity contribution in [2.24, 2.45) is 0 Å². The number of rotatable bonds is 2. The molecular weight excluding hydrogens is 200 g/mol. The van der Waals surface area contributed by atoms with Crippen molar-refractivity contribution in [3.8, 4) is 11.4 Å². The molecule has 0 spiro atoms. The van der Waals surface area contributed by atoms with E-state index in [-0.39, 0.29) is 6.61 Å². The third-order valence-corrected chi connectivity index (χ3v) is 2.35. The fourth-order valence-electron chi connectivity index (χ4n) is 1.63. The maximum atomic E-state index is 9.10. The number of aliphatic hydroxyl groups excluding tert-OH is 1. The summed E-state index contributed by atoms with van der Waals surface area (Å²) in [6.07, 6.45) is 0. The lowest BCUT2D eigenvalue weighted by molar-refractivity contribution is 0.276. The summed E-state index contributed by atoms with van der Waals surface area (Å²) in [6.45, 7) is 3.88. The molecule has 0 saturated heterocycles. The fraction of sp³-hybridized carbons (Fsp3) is 0.231. The number of hydrogen-bond donors (Lipinski definition) is 1. The predicted octanol–water partition coefficient (Wildman–Crippen LogP) is 2.25. The molecule has 2 aromatic rings. The minimum absolute atomic E-state index is 0.0534. The van der Waals surface area contributed by atoms with Gasteiger partial charge in [0.2, 0.25) is 0 Å². The molecule has 2 rings (SSSR count). The molecule has 0 fully saturated rings. The summed E-state index contributed by atoms with van der Waals surface area (Å²) in [5.74, 6) is 0.674. The van der Waals surface area contributed by atoms with Gasteiger partial charge in [-0.3, -0.25) is 0 Å². The molecule has 0 bridgehead atoms. The Kier molecular flexibility index (Phi) is 2.97. The number of aromatic nitrogens is 2. The van der Waals surface area contributed by atoms with E-state index in [0.29, 0.717) is 11.5 Å². The van der Waals surface area contributed by atoms with Crippen LogP contribution in [0.1, 0.15) is 17.0 Å². The smallest absolute Gasteiger partial charge is 0.159 e. The van der Waals surface area contributed by atoms with Crippen LogP contribution in [0.5, 0.6) is 0 Å². The van der Waals surface area contributed by atoms with Crippen molar-refractivity contribution in [3.63, 3.8) is 0 Å². The lowest BCUT2D eigenvalue weighted by Gasteiger charge is -2.04. The number of aryl methyl sites for hydroxylation is 2. The Bertz CT molecular complexity index is 509. The Hall–Kier alpha value is -1.74. The second kappa shape index (κ2) is 4.41. The minimum Gasteiger partial charge on any atom is -0.390 e. The van der Waals surface area contributed by atoms with Crippen LogP contribution in [0.15, 0.2) is 30.3 Å². The van der Waals surface area contributed by atoms with Gasteiger partial charge in [-0.05, 0) is 26.0 Å². The molecule has 0 amide bonds. The van der Waals surface area contributed by atoms with Crippen LogP contribution >= 0.6 is 0 Å². The van der Waals surface area contributed by atoms with Crippen molar-refractivity contribution in [3.05, 3.63) is 47.3 Å². The summed E-state index contributed by atoms with van der Waals surface area (Å²) in [4.78, 5) is 8.67. The molecule has 0 unspecified atom stereocenters. The molecule has 1 aromatic carbocycles. The largest absolute Gasteiger partial charge is 0.390 e. The quantitative estimate of drug-likeness (QED) is 0.834. The number of benzene rings is 1. The van der Waals surface area contributed by atoms with E-state index in [0.717, 1.165) is 11.3 Å². The van der Waals surface area contributed by atoms with Crippen LogP contribution in [-0.4, -0.2) is 15.1 Å². The Balaban J connectivity index is 2.51. The predicted molar refractivity (Wildman–Crippen MR) is 62.9 cm³/mol. The summed E-state index contributed by atoms with van der Waals surface area (Å²) in [5, 5.41) is 9.10. The highest BCUT2D eigenvalue weighted by Gasteiger charge is 2.04. The molecule has 16 heavy (non-hydrogen) atoms. The van der Waals surface area contributed by atoms with Gasteiger partial charge in [-0.2, -0.15) is 0 Å². The number of aliphatic hydroxyl groups is 1. The van der Waals surface area contributed by atoms with Gasteiger partial charge in [-0.1, -0.05) is 23.8 Å². The summed E-state index contributed by atoms with van der Waals surface area (Å²) in [5.41, 5.74) is 3.69. The maximum absolute atomic E-state index is 9.10. The first-order chi connectivity index (χ1) is 7.69. The van der Waals surface area contributed by atoms with Gasteiger partial charge in [-0.15, -0.1) is 0 Å². The summed E-state index contributed by atoms with van der Waals surface area (Å²) in [6, 6.07) is 9.82. The lowest BCUT2D eigenvalue weighted by atomic mass is 10.1. The number of hydrogen-bond acceptors (Lipinski definition) is 3. The Labute approximate surface area is 94.8 Å². The van der Waals surface area contributed by atoms with Gasteiger partial charge in [0.25, 0.3) is 0 Å². The average molecular weight is 214 g/mol. The van der Waals surface area contributed by atoms with E-state index in [1.165, 1.54) is 5.56 Å². The van der Waals surface area contributed by atoms with E-state index in [1.807, 2.05) is 38.1 Å². The second-order valence-corrected chi connectivity index (χ2v) is 3.85. The SMILES string of the molecule is Cc1cccc(-c2nc(C)cc(CO)n2)c1. The van der Waals surface area contributed by atoms with Crippen molar-refractivity contribution >= 4 is 0 Å². The fourth-order valence-corrected chi connectivity index (χ4v) is 1.63. The van der Waals surface area contributed by atoms with Gasteiger partial charge < -0.3 is 5.11 Å². The van der Waals surface area contributed by atoms with Crippen molar-refractivity contribution in [1.82, 2.24) is 9.97 Å². The van der Waals surface area contributed by atoms with Gasteiger partial charge in [0.15, 0.2) is 5.82 Å². The highest BCUT2D eigenvalue weighted by atomic mass is 16.3. The highest BCUT2D eigenvalue weighted by Crippen LogP contribution is 2.17. The standard InChI is InChI=1S/C13H14N2O/c1-9-4-3-5-11(6-9)13-14-10(2)7-12(8-16)15-13/h3-7,16H,8H2,1-2H3. The van der Waals surface area contributed by atoms with Gasteiger partial charge in [0.05, 0.1) is 12.3 Å². The zero-order valence-electron chi connectivity index (χ0n) is 9.44. The lowest BCUT2D eigenvalue weighted by Crippen LogP contribution is -1.97. The second-order valence-electron chi connectivity index (χ2n) is 3.85. The van der Waals surface area contributed by atoms with E-state index < -0.39 is 0 Å². The maximum Gasteiger partial charge on any atom is 0.159 e. The van der Waals surface area contributed by atoms with Crippen molar-refractivity contribution in [2.75, 3.05) is 0 Å². The van der Waals surface area contributed by atoms with E-state index in [2.05, 4.69) is 9.97 Å². The molecule has 1 aromatic heterocycles. The van der Waals surface area contributed by atoms with E-state index >= 15 is 0 Å². The van der Waals surface area contributed by atoms with Crippen LogP contribution in [0.3, 0.4) is 0 Å². The molecule has 0 saturated carbocycles. The topological polar surface area (TPSA) is 46.0 Å². The summed E-state index contributed by atoms with van der Waals surface area (Å²) in [7, 11) is 0. The van der Waals surface area contributed by atoms with Crippen molar-refractivity contribution in [2.45, 2.75) is 20.5 Å². The Morgan fingerprint density at radius 1 is 1.12 bits per heavy atom. The minimum atomic E-state index is -0.0534. The Morgan fingerprint density at radius 3 is 2.62 bits per heavy atom. The third kappa shape index (κ3) is 2.25. The zero-order valence-corrected chi connectivity index (χ0v) is 9.44. The summed E-state index contributed by atoms with van der Waals surface area (Å²) < 4.78 is 0. The Morgan fingerprint density at radius 2 is 1.94 bits per heavy atom.